The number of benzene rings is 1. The Kier molecular flexibility index (Phi) is 14.1. The molecule has 7 heteroatoms. The van der Waals surface area contributed by atoms with Crippen molar-refractivity contribution in [2.45, 2.75) is 46.0 Å². The lowest BCUT2D eigenvalue weighted by Gasteiger charge is -2.20. The molecule has 0 atom stereocenters. The first-order chi connectivity index (χ1) is 12.9. The smallest absolute Gasteiger partial charge is 0.414 e. The summed E-state index contributed by atoms with van der Waals surface area (Å²) in [4.78, 5) is 24.1. The third kappa shape index (κ3) is 13.3. The molecular weight excluding hydrogens is 348 g/mol. The van der Waals surface area contributed by atoms with Gasteiger partial charge in [0.25, 0.3) is 0 Å². The molecule has 7 nitrogen and oxygen atoms in total. The van der Waals surface area contributed by atoms with Crippen LogP contribution >= 0.6 is 0 Å². The zero-order valence-electron chi connectivity index (χ0n) is 16.2. The Morgan fingerprint density at radius 3 is 1.96 bits per heavy atom. The van der Waals surface area contributed by atoms with Crippen LogP contribution in [-0.2, 0) is 9.59 Å². The Hall–Kier alpha value is -2.59. The first-order valence-electron chi connectivity index (χ1n) is 9.23. The molecule has 0 radical (unpaired) electrons. The minimum atomic E-state index is -1.82. The molecule has 1 aromatic carbocycles. The van der Waals surface area contributed by atoms with E-state index in [1.807, 2.05) is 12.1 Å². The van der Waals surface area contributed by atoms with Crippen LogP contribution in [0.1, 0.15) is 46.0 Å². The first-order valence-corrected chi connectivity index (χ1v) is 9.23. The molecule has 0 saturated carbocycles. The van der Waals surface area contributed by atoms with Crippen LogP contribution in [0.5, 0.6) is 5.75 Å². The highest BCUT2D eigenvalue weighted by molar-refractivity contribution is 6.27. The number of aliphatic carboxylic acids is 2. The SMILES string of the molecule is O=C(O)C(=O)O.[C-]#[N+]c1ccc(OCCCCCN(CCC)CCC)cc1. The number of ether oxygens (including phenoxy) is 1. The van der Waals surface area contributed by atoms with E-state index in [4.69, 9.17) is 31.1 Å². The highest BCUT2D eigenvalue weighted by Gasteiger charge is 2.04. The lowest BCUT2D eigenvalue weighted by Crippen LogP contribution is -2.26. The number of nitrogens with zero attached hydrogens (tertiary/aromatic N) is 2. The van der Waals surface area contributed by atoms with Crippen molar-refractivity contribution >= 4 is 17.6 Å². The molecule has 0 bridgehead atoms. The summed E-state index contributed by atoms with van der Waals surface area (Å²) in [5.41, 5.74) is 0.661. The van der Waals surface area contributed by atoms with Crippen LogP contribution in [0.2, 0.25) is 0 Å². The van der Waals surface area contributed by atoms with Gasteiger partial charge in [-0.1, -0.05) is 26.0 Å². The van der Waals surface area contributed by atoms with Crippen LogP contribution in [0.3, 0.4) is 0 Å². The van der Waals surface area contributed by atoms with Crippen LogP contribution < -0.4 is 4.74 Å². The van der Waals surface area contributed by atoms with E-state index in [1.165, 1.54) is 45.3 Å². The zero-order chi connectivity index (χ0) is 20.5. The van der Waals surface area contributed by atoms with Gasteiger partial charge >= 0.3 is 11.9 Å². The predicted octanol–water partition coefficient (Wildman–Crippen LogP) is 4.06. The van der Waals surface area contributed by atoms with Gasteiger partial charge in [-0.3, -0.25) is 0 Å². The van der Waals surface area contributed by atoms with Gasteiger partial charge < -0.3 is 19.8 Å². The van der Waals surface area contributed by atoms with Crippen molar-refractivity contribution < 1.29 is 24.5 Å². The molecule has 0 fully saturated rings. The van der Waals surface area contributed by atoms with Crippen molar-refractivity contribution in [1.82, 2.24) is 4.90 Å². The average molecular weight is 378 g/mol. The maximum absolute atomic E-state index is 9.10. The molecule has 2 N–H and O–H groups in total. The molecule has 0 spiro atoms. The molecule has 150 valence electrons. The highest BCUT2D eigenvalue weighted by Crippen LogP contribution is 2.18. The number of rotatable bonds is 11. The van der Waals surface area contributed by atoms with Gasteiger partial charge in [-0.05, 0) is 63.9 Å². The normalized spacial score (nSPS) is 9.85. The second-order valence-corrected chi connectivity index (χ2v) is 5.97. The maximum atomic E-state index is 9.10. The minimum Gasteiger partial charge on any atom is -0.494 e. The minimum absolute atomic E-state index is 0.661. The molecule has 1 aromatic rings. The number of hydrogen-bond acceptors (Lipinski definition) is 4. The number of carboxylic acid groups (broad SMARTS) is 2. The second-order valence-electron chi connectivity index (χ2n) is 5.97. The largest absolute Gasteiger partial charge is 0.494 e. The Bertz CT molecular complexity index is 563. The summed E-state index contributed by atoms with van der Waals surface area (Å²) >= 11 is 0. The van der Waals surface area contributed by atoms with Gasteiger partial charge in [0.2, 0.25) is 0 Å². The molecule has 0 saturated heterocycles. The van der Waals surface area contributed by atoms with Crippen LogP contribution in [-0.4, -0.2) is 53.3 Å². The molecule has 0 aliphatic carbocycles. The summed E-state index contributed by atoms with van der Waals surface area (Å²) in [5.74, 6) is -2.79. The second kappa shape index (κ2) is 15.6. The van der Waals surface area contributed by atoms with Crippen LogP contribution in [0, 0.1) is 6.57 Å². The summed E-state index contributed by atoms with van der Waals surface area (Å²) in [5, 5.41) is 14.8. The fourth-order valence-electron chi connectivity index (χ4n) is 2.39. The van der Waals surface area contributed by atoms with Crippen LogP contribution in [0.25, 0.3) is 4.85 Å². The van der Waals surface area contributed by atoms with Crippen molar-refractivity contribution in [3.05, 3.63) is 35.7 Å². The lowest BCUT2D eigenvalue weighted by molar-refractivity contribution is -0.159. The summed E-state index contributed by atoms with van der Waals surface area (Å²) in [6.45, 7) is 15.8. The standard InChI is InChI=1S/C18H28N2O.C2H2O4/c1-4-13-20(14-5-2)15-7-6-8-16-21-18-11-9-17(19-3)10-12-18;3-1(4)2(5)6/h9-12H,4-8,13-16H2,1-2H3;(H,3,4)(H,5,6). The summed E-state index contributed by atoms with van der Waals surface area (Å²) in [7, 11) is 0. The van der Waals surface area contributed by atoms with Crippen molar-refractivity contribution in [2.24, 2.45) is 0 Å². The molecule has 27 heavy (non-hydrogen) atoms. The van der Waals surface area contributed by atoms with Crippen molar-refractivity contribution in [3.8, 4) is 5.75 Å². The predicted molar refractivity (Wildman–Crippen MR) is 104 cm³/mol. The molecule has 0 aromatic heterocycles. The van der Waals surface area contributed by atoms with Gasteiger partial charge in [0.05, 0.1) is 13.2 Å². The molecule has 0 amide bonds. The van der Waals surface area contributed by atoms with Crippen molar-refractivity contribution in [2.75, 3.05) is 26.2 Å². The van der Waals surface area contributed by atoms with Crippen molar-refractivity contribution in [3.63, 3.8) is 0 Å². The van der Waals surface area contributed by atoms with Crippen molar-refractivity contribution in [1.29, 1.82) is 0 Å². The van der Waals surface area contributed by atoms with E-state index in [0.29, 0.717) is 5.69 Å². The fourth-order valence-corrected chi connectivity index (χ4v) is 2.39. The van der Waals surface area contributed by atoms with E-state index >= 15 is 0 Å². The number of carboxylic acids is 2. The van der Waals surface area contributed by atoms with Gasteiger partial charge in [0, 0.05) is 0 Å². The Morgan fingerprint density at radius 1 is 0.963 bits per heavy atom. The number of unbranched alkanes of at least 4 members (excludes halogenated alkanes) is 2. The Morgan fingerprint density at radius 2 is 1.52 bits per heavy atom. The quantitative estimate of drug-likeness (QED) is 0.343. The fraction of sp³-hybridized carbons (Fsp3) is 0.550. The van der Waals surface area contributed by atoms with Gasteiger partial charge in [0.15, 0.2) is 5.69 Å². The van der Waals surface area contributed by atoms with E-state index in [2.05, 4.69) is 23.6 Å². The van der Waals surface area contributed by atoms with Gasteiger partial charge in [0.1, 0.15) is 5.75 Å². The third-order valence-electron chi connectivity index (χ3n) is 3.62. The lowest BCUT2D eigenvalue weighted by atomic mass is 10.2. The Labute approximate surface area is 161 Å². The molecule has 0 aliphatic rings. The van der Waals surface area contributed by atoms with Gasteiger partial charge in [-0.25, -0.2) is 14.4 Å². The summed E-state index contributed by atoms with van der Waals surface area (Å²) in [6, 6.07) is 7.35. The van der Waals surface area contributed by atoms with Gasteiger partial charge in [-0.15, -0.1) is 0 Å². The monoisotopic (exact) mass is 378 g/mol. The molecule has 0 aliphatic heterocycles. The van der Waals surface area contributed by atoms with E-state index in [-0.39, 0.29) is 0 Å². The van der Waals surface area contributed by atoms with E-state index in [1.54, 1.807) is 12.1 Å². The number of carbonyl (C=O) groups is 2. The van der Waals surface area contributed by atoms with Gasteiger partial charge in [-0.2, -0.15) is 0 Å². The van der Waals surface area contributed by atoms with E-state index in [9.17, 15) is 0 Å². The van der Waals surface area contributed by atoms with E-state index in [0.717, 1.165) is 18.8 Å². The van der Waals surface area contributed by atoms with Crippen LogP contribution in [0.15, 0.2) is 24.3 Å². The highest BCUT2D eigenvalue weighted by atomic mass is 16.5. The molecule has 0 heterocycles. The number of hydrogen-bond donors (Lipinski definition) is 2. The Balaban J connectivity index is 0.000000972. The average Bonchev–Trinajstić information content (AvgIpc) is 2.65. The van der Waals surface area contributed by atoms with E-state index < -0.39 is 11.9 Å². The third-order valence-corrected chi connectivity index (χ3v) is 3.62. The molecule has 0 unspecified atom stereocenters. The van der Waals surface area contributed by atoms with Crippen LogP contribution in [0.4, 0.5) is 5.69 Å². The molecular formula is C20H30N2O5. The molecule has 1 rings (SSSR count). The maximum Gasteiger partial charge on any atom is 0.414 e. The zero-order valence-corrected chi connectivity index (χ0v) is 16.2. The topological polar surface area (TPSA) is 91.4 Å². The first kappa shape index (κ1) is 24.4. The summed E-state index contributed by atoms with van der Waals surface area (Å²) in [6.07, 6.45) is 6.04. The summed E-state index contributed by atoms with van der Waals surface area (Å²) < 4.78 is 5.69.